The number of nitrogens with one attached hydrogen (secondary N) is 1. The molecule has 22 heavy (non-hydrogen) atoms. The van der Waals surface area contributed by atoms with Crippen LogP contribution in [-0.4, -0.2) is 40.5 Å². The molecule has 3 aliphatic heterocycles. The Morgan fingerprint density at radius 1 is 1.27 bits per heavy atom. The maximum absolute atomic E-state index is 12.6. The van der Waals surface area contributed by atoms with Gasteiger partial charge in [0.05, 0.1) is 12.3 Å². The number of furan rings is 1. The monoisotopic (exact) mass is 297 g/mol. The van der Waals surface area contributed by atoms with Crippen molar-refractivity contribution in [3.05, 3.63) is 30.2 Å². The maximum Gasteiger partial charge on any atom is 0.270 e. The molecule has 0 aromatic carbocycles. The molecule has 1 aliphatic carbocycles. The van der Waals surface area contributed by atoms with E-state index in [0.29, 0.717) is 17.7 Å². The van der Waals surface area contributed by atoms with E-state index in [4.69, 9.17) is 4.42 Å². The molecule has 6 rings (SSSR count). The van der Waals surface area contributed by atoms with Gasteiger partial charge in [0.1, 0.15) is 11.2 Å². The SMILES string of the molecule is O=C(N[C@@H]1C2CCN(CC2)C12CC2)c1ccc2occc2n1. The van der Waals surface area contributed by atoms with Gasteiger partial charge in [-0.15, -0.1) is 0 Å². The van der Waals surface area contributed by atoms with Gasteiger partial charge in [0.2, 0.25) is 0 Å². The van der Waals surface area contributed by atoms with Crippen LogP contribution in [0.1, 0.15) is 36.2 Å². The average molecular weight is 297 g/mol. The zero-order chi connectivity index (χ0) is 14.7. The highest BCUT2D eigenvalue weighted by Crippen LogP contribution is 2.53. The number of nitrogens with zero attached hydrogens (tertiary/aromatic N) is 2. The average Bonchev–Trinajstić information content (AvgIpc) is 3.18. The summed E-state index contributed by atoms with van der Waals surface area (Å²) in [5.41, 5.74) is 2.21. The van der Waals surface area contributed by atoms with Crippen molar-refractivity contribution in [1.82, 2.24) is 15.2 Å². The van der Waals surface area contributed by atoms with Crippen LogP contribution >= 0.6 is 0 Å². The maximum atomic E-state index is 12.6. The normalized spacial score (nSPS) is 31.5. The van der Waals surface area contributed by atoms with Crippen LogP contribution in [0.15, 0.2) is 28.9 Å². The van der Waals surface area contributed by atoms with Crippen molar-refractivity contribution in [2.24, 2.45) is 5.92 Å². The molecule has 5 heteroatoms. The van der Waals surface area contributed by atoms with Crippen molar-refractivity contribution in [2.75, 3.05) is 13.1 Å². The van der Waals surface area contributed by atoms with Crippen LogP contribution in [-0.2, 0) is 0 Å². The van der Waals surface area contributed by atoms with E-state index in [-0.39, 0.29) is 11.4 Å². The molecular formula is C17H19N3O2. The fourth-order valence-electron chi connectivity index (χ4n) is 4.52. The van der Waals surface area contributed by atoms with Gasteiger partial charge >= 0.3 is 0 Å². The van der Waals surface area contributed by atoms with E-state index in [9.17, 15) is 4.79 Å². The first-order chi connectivity index (χ1) is 10.8. The summed E-state index contributed by atoms with van der Waals surface area (Å²) in [6, 6.07) is 5.66. The molecule has 3 saturated heterocycles. The standard InChI is InChI=1S/C17H19N3O2/c21-16(13-1-2-14-12(18-13)5-10-22-14)19-15-11-3-8-20(9-4-11)17(15)6-7-17/h1-2,5,10-11,15H,3-4,6-9H2,(H,19,21)/t15-/m1/s1. The lowest BCUT2D eigenvalue weighted by atomic mass is 9.77. The number of rotatable bonds is 2. The third kappa shape index (κ3) is 1.69. The fourth-order valence-corrected chi connectivity index (χ4v) is 4.52. The lowest BCUT2D eigenvalue weighted by molar-refractivity contribution is -0.00152. The minimum absolute atomic E-state index is 0.0480. The largest absolute Gasteiger partial charge is 0.463 e. The molecule has 1 amide bonds. The van der Waals surface area contributed by atoms with Crippen molar-refractivity contribution in [2.45, 2.75) is 37.3 Å². The lowest BCUT2D eigenvalue weighted by Gasteiger charge is -2.52. The van der Waals surface area contributed by atoms with E-state index in [1.165, 1.54) is 38.8 Å². The van der Waals surface area contributed by atoms with Gasteiger partial charge in [-0.25, -0.2) is 4.98 Å². The topological polar surface area (TPSA) is 58.4 Å². The second-order valence-corrected chi connectivity index (χ2v) is 6.88. The van der Waals surface area contributed by atoms with E-state index in [1.54, 1.807) is 18.4 Å². The quantitative estimate of drug-likeness (QED) is 0.923. The number of carbonyl (C=O) groups is 1. The van der Waals surface area contributed by atoms with Crippen molar-refractivity contribution in [3.63, 3.8) is 0 Å². The van der Waals surface area contributed by atoms with Gasteiger partial charge in [0.15, 0.2) is 5.58 Å². The van der Waals surface area contributed by atoms with Crippen molar-refractivity contribution < 1.29 is 9.21 Å². The van der Waals surface area contributed by atoms with Gasteiger partial charge in [-0.1, -0.05) is 0 Å². The van der Waals surface area contributed by atoms with Crippen molar-refractivity contribution in [3.8, 4) is 0 Å². The summed E-state index contributed by atoms with van der Waals surface area (Å²) >= 11 is 0. The Kier molecular flexibility index (Phi) is 2.48. The Labute approximate surface area is 128 Å². The molecule has 2 aromatic heterocycles. The predicted octanol–water partition coefficient (Wildman–Crippen LogP) is 2.18. The third-order valence-electron chi connectivity index (χ3n) is 5.81. The Hall–Kier alpha value is -1.88. The second-order valence-electron chi connectivity index (χ2n) is 6.88. The Bertz CT molecular complexity index is 741. The highest BCUT2D eigenvalue weighted by molar-refractivity contribution is 5.94. The smallest absolute Gasteiger partial charge is 0.270 e. The number of hydrogen-bond acceptors (Lipinski definition) is 4. The summed E-state index contributed by atoms with van der Waals surface area (Å²) in [5.74, 6) is 0.585. The van der Waals surface area contributed by atoms with E-state index in [2.05, 4.69) is 15.2 Å². The van der Waals surface area contributed by atoms with Crippen LogP contribution in [0.25, 0.3) is 11.1 Å². The third-order valence-corrected chi connectivity index (χ3v) is 5.81. The van der Waals surface area contributed by atoms with Gasteiger partial charge in [-0.05, 0) is 56.8 Å². The predicted molar refractivity (Wildman–Crippen MR) is 81.5 cm³/mol. The Morgan fingerprint density at radius 3 is 2.86 bits per heavy atom. The van der Waals surface area contributed by atoms with E-state index in [1.807, 2.05) is 6.07 Å². The molecule has 2 aromatic rings. The number of amides is 1. The number of hydrogen-bond donors (Lipinski definition) is 1. The number of fused-ring (bicyclic) bond motifs is 3. The molecule has 114 valence electrons. The summed E-state index contributed by atoms with van der Waals surface area (Å²) < 4.78 is 5.29. The summed E-state index contributed by atoms with van der Waals surface area (Å²) in [7, 11) is 0. The second kappa shape index (κ2) is 4.32. The van der Waals surface area contributed by atoms with Gasteiger partial charge in [0, 0.05) is 11.6 Å². The summed E-state index contributed by atoms with van der Waals surface area (Å²) in [6.45, 7) is 2.41. The first kappa shape index (κ1) is 12.6. The molecule has 4 aliphatic rings. The number of pyridine rings is 1. The number of piperidine rings is 3. The van der Waals surface area contributed by atoms with Gasteiger partial charge < -0.3 is 9.73 Å². The number of carbonyl (C=O) groups excluding carboxylic acids is 1. The molecule has 5 heterocycles. The van der Waals surface area contributed by atoms with Gasteiger partial charge in [-0.3, -0.25) is 9.69 Å². The highest BCUT2D eigenvalue weighted by Gasteiger charge is 2.60. The lowest BCUT2D eigenvalue weighted by Crippen LogP contribution is -2.65. The molecule has 1 saturated carbocycles. The molecule has 1 atom stereocenters. The van der Waals surface area contributed by atoms with Gasteiger partial charge in [0.25, 0.3) is 5.91 Å². The number of aromatic nitrogens is 1. The van der Waals surface area contributed by atoms with Crippen LogP contribution in [0.4, 0.5) is 0 Å². The Balaban J connectivity index is 1.42. The molecule has 0 unspecified atom stereocenters. The first-order valence-electron chi connectivity index (χ1n) is 8.16. The van der Waals surface area contributed by atoms with Crippen LogP contribution in [0.5, 0.6) is 0 Å². The Morgan fingerprint density at radius 2 is 2.09 bits per heavy atom. The van der Waals surface area contributed by atoms with Crippen LogP contribution in [0, 0.1) is 5.92 Å². The van der Waals surface area contributed by atoms with Crippen LogP contribution < -0.4 is 5.32 Å². The van der Waals surface area contributed by atoms with E-state index in [0.717, 1.165) is 11.1 Å². The summed E-state index contributed by atoms with van der Waals surface area (Å²) in [6.07, 6.45) is 6.47. The molecular weight excluding hydrogens is 278 g/mol. The van der Waals surface area contributed by atoms with E-state index >= 15 is 0 Å². The molecule has 4 fully saturated rings. The zero-order valence-corrected chi connectivity index (χ0v) is 12.4. The molecule has 1 spiro atoms. The fraction of sp³-hybridized carbons (Fsp3) is 0.529. The van der Waals surface area contributed by atoms with E-state index < -0.39 is 0 Å². The molecule has 0 radical (unpaired) electrons. The minimum Gasteiger partial charge on any atom is -0.463 e. The molecule has 1 N–H and O–H groups in total. The minimum atomic E-state index is -0.0480. The zero-order valence-electron chi connectivity index (χ0n) is 12.4. The highest BCUT2D eigenvalue weighted by atomic mass is 16.3. The van der Waals surface area contributed by atoms with Crippen molar-refractivity contribution in [1.29, 1.82) is 0 Å². The summed E-state index contributed by atoms with van der Waals surface area (Å²) in [5, 5.41) is 3.30. The first-order valence-corrected chi connectivity index (χ1v) is 8.16. The molecule has 5 nitrogen and oxygen atoms in total. The van der Waals surface area contributed by atoms with Crippen molar-refractivity contribution >= 4 is 17.0 Å². The molecule has 2 bridgehead atoms. The summed E-state index contributed by atoms with van der Waals surface area (Å²) in [4.78, 5) is 19.7. The van der Waals surface area contributed by atoms with Crippen LogP contribution in [0.3, 0.4) is 0 Å². The van der Waals surface area contributed by atoms with Crippen LogP contribution in [0.2, 0.25) is 0 Å². The van der Waals surface area contributed by atoms with Gasteiger partial charge in [-0.2, -0.15) is 0 Å².